The van der Waals surface area contributed by atoms with Crippen LogP contribution in [-0.4, -0.2) is 9.55 Å². The molecule has 0 spiro atoms. The van der Waals surface area contributed by atoms with E-state index in [1.165, 1.54) is 6.07 Å². The van der Waals surface area contributed by atoms with Gasteiger partial charge in [0.25, 0.3) is 0 Å². The highest BCUT2D eigenvalue weighted by molar-refractivity contribution is 6.30. The molecule has 2 aromatic rings. The minimum absolute atomic E-state index is 0.0438. The van der Waals surface area contributed by atoms with E-state index < -0.39 is 11.7 Å². The number of hydrogen-bond donors (Lipinski definition) is 1. The van der Waals surface area contributed by atoms with Crippen molar-refractivity contribution >= 4 is 17.3 Å². The lowest BCUT2D eigenvalue weighted by atomic mass is 10.2. The quantitative estimate of drug-likeness (QED) is 0.933. The van der Waals surface area contributed by atoms with Crippen molar-refractivity contribution in [2.24, 2.45) is 7.05 Å². The Kier molecular flexibility index (Phi) is 3.71. The standard InChI is InChI=1S/C12H11ClF3N3/c1-19-7-17-5-11(19)6-18-10-3-8(12(14,15)16)2-9(13)4-10/h2-5,7,18H,6H2,1H3. The van der Waals surface area contributed by atoms with Crippen LogP contribution in [-0.2, 0) is 19.8 Å². The molecule has 19 heavy (non-hydrogen) atoms. The van der Waals surface area contributed by atoms with Crippen molar-refractivity contribution in [3.63, 3.8) is 0 Å². The third-order valence-electron chi connectivity index (χ3n) is 2.62. The zero-order valence-corrected chi connectivity index (χ0v) is 10.8. The van der Waals surface area contributed by atoms with Gasteiger partial charge in [-0.15, -0.1) is 0 Å². The Morgan fingerprint density at radius 3 is 2.63 bits per heavy atom. The Balaban J connectivity index is 2.17. The van der Waals surface area contributed by atoms with E-state index in [2.05, 4.69) is 10.3 Å². The molecule has 1 aromatic carbocycles. The van der Waals surface area contributed by atoms with Crippen LogP contribution in [0, 0.1) is 0 Å². The Morgan fingerprint density at radius 2 is 2.05 bits per heavy atom. The molecule has 1 aromatic heterocycles. The van der Waals surface area contributed by atoms with E-state index in [-0.39, 0.29) is 5.02 Å². The molecule has 0 fully saturated rings. The zero-order chi connectivity index (χ0) is 14.0. The summed E-state index contributed by atoms with van der Waals surface area (Å²) in [5.74, 6) is 0. The highest BCUT2D eigenvalue weighted by atomic mass is 35.5. The van der Waals surface area contributed by atoms with E-state index in [1.54, 1.807) is 17.1 Å². The van der Waals surface area contributed by atoms with Crippen LogP contribution in [0.15, 0.2) is 30.7 Å². The summed E-state index contributed by atoms with van der Waals surface area (Å²) in [7, 11) is 1.81. The van der Waals surface area contributed by atoms with E-state index in [0.717, 1.165) is 17.8 Å². The molecular weight excluding hydrogens is 279 g/mol. The van der Waals surface area contributed by atoms with Gasteiger partial charge in [-0.1, -0.05) is 11.6 Å². The monoisotopic (exact) mass is 289 g/mol. The molecule has 0 aliphatic heterocycles. The summed E-state index contributed by atoms with van der Waals surface area (Å²) in [4.78, 5) is 3.93. The van der Waals surface area contributed by atoms with Crippen LogP contribution in [0.1, 0.15) is 11.3 Å². The summed E-state index contributed by atoms with van der Waals surface area (Å²) in [6.45, 7) is 0.369. The lowest BCUT2D eigenvalue weighted by Gasteiger charge is -2.11. The topological polar surface area (TPSA) is 29.9 Å². The number of benzene rings is 1. The van der Waals surface area contributed by atoms with Crippen LogP contribution in [0.4, 0.5) is 18.9 Å². The van der Waals surface area contributed by atoms with Crippen LogP contribution in [0.3, 0.4) is 0 Å². The minimum Gasteiger partial charge on any atom is -0.379 e. The zero-order valence-electron chi connectivity index (χ0n) is 10.0. The van der Waals surface area contributed by atoms with Crippen molar-refractivity contribution in [3.8, 4) is 0 Å². The minimum atomic E-state index is -4.41. The third kappa shape index (κ3) is 3.41. The van der Waals surface area contributed by atoms with Gasteiger partial charge in [-0.2, -0.15) is 13.2 Å². The second-order valence-corrected chi connectivity index (χ2v) is 4.51. The fourth-order valence-electron chi connectivity index (χ4n) is 1.60. The fourth-order valence-corrected chi connectivity index (χ4v) is 1.84. The molecule has 7 heteroatoms. The molecule has 0 aliphatic rings. The molecule has 1 heterocycles. The lowest BCUT2D eigenvalue weighted by Crippen LogP contribution is -2.08. The Bertz CT molecular complexity index is 578. The number of nitrogens with zero attached hydrogens (tertiary/aromatic N) is 2. The van der Waals surface area contributed by atoms with Crippen molar-refractivity contribution in [3.05, 3.63) is 47.0 Å². The van der Waals surface area contributed by atoms with E-state index in [1.807, 2.05) is 7.05 Å². The van der Waals surface area contributed by atoms with Crippen molar-refractivity contribution < 1.29 is 13.2 Å². The van der Waals surface area contributed by atoms with Crippen molar-refractivity contribution in [2.75, 3.05) is 5.32 Å². The summed E-state index contributed by atoms with van der Waals surface area (Å²) < 4.78 is 39.7. The Morgan fingerprint density at radius 1 is 1.32 bits per heavy atom. The SMILES string of the molecule is Cn1cncc1CNc1cc(Cl)cc(C(F)(F)F)c1. The molecule has 0 saturated carbocycles. The number of aromatic nitrogens is 2. The van der Waals surface area contributed by atoms with Gasteiger partial charge in [0, 0.05) is 24.0 Å². The van der Waals surface area contributed by atoms with Gasteiger partial charge in [-0.25, -0.2) is 4.98 Å². The van der Waals surface area contributed by atoms with Gasteiger partial charge in [0.15, 0.2) is 0 Å². The number of halogens is 4. The first kappa shape index (κ1) is 13.7. The average Bonchev–Trinajstić information content (AvgIpc) is 2.70. The van der Waals surface area contributed by atoms with Crippen LogP contribution >= 0.6 is 11.6 Å². The van der Waals surface area contributed by atoms with Crippen molar-refractivity contribution in [1.82, 2.24) is 9.55 Å². The van der Waals surface area contributed by atoms with Gasteiger partial charge in [-0.3, -0.25) is 0 Å². The molecular formula is C12H11ClF3N3. The molecule has 0 radical (unpaired) electrons. The van der Waals surface area contributed by atoms with E-state index in [0.29, 0.717) is 12.2 Å². The molecule has 0 bridgehead atoms. The summed E-state index contributed by atoms with van der Waals surface area (Å²) in [6, 6.07) is 3.38. The third-order valence-corrected chi connectivity index (χ3v) is 2.83. The van der Waals surface area contributed by atoms with Gasteiger partial charge in [0.2, 0.25) is 0 Å². The first-order valence-electron chi connectivity index (χ1n) is 5.43. The number of anilines is 1. The number of imidazole rings is 1. The smallest absolute Gasteiger partial charge is 0.379 e. The molecule has 0 saturated heterocycles. The van der Waals surface area contributed by atoms with E-state index >= 15 is 0 Å². The van der Waals surface area contributed by atoms with Crippen LogP contribution in [0.5, 0.6) is 0 Å². The van der Waals surface area contributed by atoms with Gasteiger partial charge in [-0.05, 0) is 18.2 Å². The largest absolute Gasteiger partial charge is 0.416 e. The molecule has 0 aliphatic carbocycles. The average molecular weight is 290 g/mol. The number of alkyl halides is 3. The van der Waals surface area contributed by atoms with Crippen LogP contribution in [0.2, 0.25) is 5.02 Å². The maximum atomic E-state index is 12.6. The molecule has 102 valence electrons. The van der Waals surface area contributed by atoms with E-state index in [4.69, 9.17) is 11.6 Å². The van der Waals surface area contributed by atoms with Crippen molar-refractivity contribution in [2.45, 2.75) is 12.7 Å². The first-order valence-corrected chi connectivity index (χ1v) is 5.81. The summed E-state index contributed by atoms with van der Waals surface area (Å²) in [5.41, 5.74) is 0.405. The number of rotatable bonds is 3. The van der Waals surface area contributed by atoms with Crippen LogP contribution in [0.25, 0.3) is 0 Å². The normalized spacial score (nSPS) is 11.6. The highest BCUT2D eigenvalue weighted by Gasteiger charge is 2.31. The molecule has 3 nitrogen and oxygen atoms in total. The second kappa shape index (κ2) is 5.13. The van der Waals surface area contributed by atoms with Crippen LogP contribution < -0.4 is 5.32 Å². The summed E-state index contributed by atoms with van der Waals surface area (Å²) in [6.07, 6.45) is -1.15. The fraction of sp³-hybridized carbons (Fsp3) is 0.250. The predicted molar refractivity (Wildman–Crippen MR) is 67.0 cm³/mol. The molecule has 0 atom stereocenters. The summed E-state index contributed by atoms with van der Waals surface area (Å²) >= 11 is 5.69. The number of hydrogen-bond acceptors (Lipinski definition) is 2. The highest BCUT2D eigenvalue weighted by Crippen LogP contribution is 2.33. The number of aryl methyl sites for hydroxylation is 1. The molecule has 1 N–H and O–H groups in total. The van der Waals surface area contributed by atoms with E-state index in [9.17, 15) is 13.2 Å². The maximum absolute atomic E-state index is 12.6. The first-order chi connectivity index (χ1) is 8.86. The summed E-state index contributed by atoms with van der Waals surface area (Å²) in [5, 5.41) is 2.94. The molecule has 2 rings (SSSR count). The van der Waals surface area contributed by atoms with Gasteiger partial charge >= 0.3 is 6.18 Å². The molecule has 0 unspecified atom stereocenters. The number of nitrogens with one attached hydrogen (secondary N) is 1. The van der Waals surface area contributed by atoms with Crippen molar-refractivity contribution in [1.29, 1.82) is 0 Å². The Labute approximate surface area is 113 Å². The second-order valence-electron chi connectivity index (χ2n) is 4.08. The maximum Gasteiger partial charge on any atom is 0.416 e. The lowest BCUT2D eigenvalue weighted by molar-refractivity contribution is -0.137. The van der Waals surface area contributed by atoms with Gasteiger partial charge < -0.3 is 9.88 Å². The van der Waals surface area contributed by atoms with Gasteiger partial charge in [0.05, 0.1) is 24.1 Å². The molecule has 0 amide bonds. The predicted octanol–water partition coefficient (Wildman–Crippen LogP) is 3.70. The van der Waals surface area contributed by atoms with Gasteiger partial charge in [0.1, 0.15) is 0 Å². The Hall–Kier alpha value is -1.69.